The Balaban J connectivity index is 1.41. The predicted octanol–water partition coefficient (Wildman–Crippen LogP) is 1.42. The molecule has 0 radical (unpaired) electrons. The van der Waals surface area contributed by atoms with Gasteiger partial charge in [-0.15, -0.1) is 0 Å². The fourth-order valence-electron chi connectivity index (χ4n) is 4.33. The number of fused-ring (bicyclic) bond motifs is 1. The van der Waals surface area contributed by atoms with Gasteiger partial charge in [-0.05, 0) is 38.5 Å². The zero-order chi connectivity index (χ0) is 20.0. The van der Waals surface area contributed by atoms with E-state index in [1.54, 1.807) is 13.8 Å². The minimum atomic E-state index is -3.53. The van der Waals surface area contributed by atoms with Gasteiger partial charge in [-0.2, -0.15) is 8.42 Å². The van der Waals surface area contributed by atoms with E-state index < -0.39 is 39.0 Å². The number of carbonyl (C=O) groups excluding carboxylic acids is 2. The Morgan fingerprint density at radius 2 is 1.85 bits per heavy atom. The molecule has 2 saturated carbocycles. The van der Waals surface area contributed by atoms with Crippen LogP contribution in [-0.2, 0) is 38.1 Å². The van der Waals surface area contributed by atoms with Gasteiger partial charge < -0.3 is 14.2 Å². The van der Waals surface area contributed by atoms with Gasteiger partial charge in [0.25, 0.3) is 10.1 Å². The molecular weight excluding hydrogens is 376 g/mol. The van der Waals surface area contributed by atoms with Crippen molar-refractivity contribution in [1.29, 1.82) is 0 Å². The highest BCUT2D eigenvalue weighted by Gasteiger charge is 2.69. The van der Waals surface area contributed by atoms with Crippen LogP contribution in [-0.4, -0.2) is 57.6 Å². The van der Waals surface area contributed by atoms with E-state index in [1.165, 1.54) is 0 Å². The van der Waals surface area contributed by atoms with E-state index in [0.717, 1.165) is 6.42 Å². The van der Waals surface area contributed by atoms with Crippen molar-refractivity contribution in [3.05, 3.63) is 0 Å². The Bertz CT molecular complexity index is 715. The van der Waals surface area contributed by atoms with Gasteiger partial charge in [-0.1, -0.05) is 13.8 Å². The molecule has 5 unspecified atom stereocenters. The van der Waals surface area contributed by atoms with Crippen molar-refractivity contribution in [2.75, 3.05) is 19.8 Å². The maximum Gasteiger partial charge on any atom is 0.332 e. The molecule has 1 aliphatic heterocycles. The molecule has 27 heavy (non-hydrogen) atoms. The van der Waals surface area contributed by atoms with E-state index in [2.05, 4.69) is 0 Å². The van der Waals surface area contributed by atoms with E-state index in [0.29, 0.717) is 12.8 Å². The number of esters is 2. The van der Waals surface area contributed by atoms with Gasteiger partial charge in [-0.3, -0.25) is 8.98 Å². The molecule has 0 aromatic carbocycles. The third kappa shape index (κ3) is 3.73. The minimum Gasteiger partial charge on any atom is -0.462 e. The number of carbonyl (C=O) groups is 2. The standard InChI is InChI=1S/C18H28O8S/c1-5-17(2,3)16(20)24-7-6-23-13(19)10-25-15-14-11-8-18(15,4)9-12(11)27(21,22)26-14/h11-12,14-15H,5-10H2,1-4H3. The Morgan fingerprint density at radius 3 is 2.52 bits per heavy atom. The zero-order valence-corrected chi connectivity index (χ0v) is 17.0. The summed E-state index contributed by atoms with van der Waals surface area (Å²) in [5.41, 5.74) is -0.866. The van der Waals surface area contributed by atoms with E-state index in [-0.39, 0.29) is 37.1 Å². The molecule has 3 aliphatic rings. The molecule has 2 aliphatic carbocycles. The molecule has 9 heteroatoms. The average molecular weight is 404 g/mol. The summed E-state index contributed by atoms with van der Waals surface area (Å²) in [5, 5.41) is -0.443. The highest BCUT2D eigenvalue weighted by atomic mass is 32.2. The molecule has 0 N–H and O–H groups in total. The lowest BCUT2D eigenvalue weighted by molar-refractivity contribution is -0.164. The first-order chi connectivity index (χ1) is 12.5. The van der Waals surface area contributed by atoms with Crippen LogP contribution in [0.1, 0.15) is 47.0 Å². The third-order valence-electron chi connectivity index (χ3n) is 6.27. The first-order valence-corrected chi connectivity index (χ1v) is 10.8. The molecule has 0 aromatic heterocycles. The second-order valence-corrected chi connectivity index (χ2v) is 10.4. The van der Waals surface area contributed by atoms with Crippen LogP contribution in [0.4, 0.5) is 0 Å². The average Bonchev–Trinajstić information content (AvgIpc) is 3.13. The molecule has 0 aromatic rings. The molecule has 154 valence electrons. The zero-order valence-electron chi connectivity index (χ0n) is 16.2. The normalized spacial score (nSPS) is 36.0. The maximum atomic E-state index is 12.0. The summed E-state index contributed by atoms with van der Waals surface area (Å²) in [6, 6.07) is 0. The molecule has 0 amide bonds. The van der Waals surface area contributed by atoms with Crippen LogP contribution < -0.4 is 0 Å². The van der Waals surface area contributed by atoms with Crippen molar-refractivity contribution in [3.8, 4) is 0 Å². The summed E-state index contributed by atoms with van der Waals surface area (Å²) >= 11 is 0. The van der Waals surface area contributed by atoms with Gasteiger partial charge in [0.2, 0.25) is 0 Å². The molecule has 3 fully saturated rings. The monoisotopic (exact) mass is 404 g/mol. The summed E-state index contributed by atoms with van der Waals surface area (Å²) in [6.07, 6.45) is 0.931. The fraction of sp³-hybridized carbons (Fsp3) is 0.889. The Hall–Kier alpha value is -1.19. The van der Waals surface area contributed by atoms with Crippen LogP contribution in [0.25, 0.3) is 0 Å². The van der Waals surface area contributed by atoms with Gasteiger partial charge >= 0.3 is 11.9 Å². The topological polar surface area (TPSA) is 105 Å². The van der Waals surface area contributed by atoms with Crippen LogP contribution in [0.5, 0.6) is 0 Å². The number of hydrogen-bond donors (Lipinski definition) is 0. The molecule has 3 rings (SSSR count). The molecule has 1 heterocycles. The number of ether oxygens (including phenoxy) is 3. The Morgan fingerprint density at radius 1 is 1.19 bits per heavy atom. The minimum absolute atomic E-state index is 0.0110. The molecule has 0 spiro atoms. The van der Waals surface area contributed by atoms with E-state index >= 15 is 0 Å². The fourth-order valence-corrected chi connectivity index (χ4v) is 6.29. The van der Waals surface area contributed by atoms with Crippen molar-refractivity contribution >= 4 is 22.1 Å². The van der Waals surface area contributed by atoms with Gasteiger partial charge in [0, 0.05) is 5.92 Å². The van der Waals surface area contributed by atoms with Crippen LogP contribution in [0, 0.1) is 16.7 Å². The second kappa shape index (κ2) is 7.00. The Labute approximate surface area is 160 Å². The third-order valence-corrected chi connectivity index (χ3v) is 8.02. The van der Waals surface area contributed by atoms with Crippen molar-refractivity contribution in [2.45, 2.75) is 64.4 Å². The SMILES string of the molecule is CCC(C)(C)C(=O)OCCOC(=O)COC1C2OS(=O)(=O)C3CC1(C)CC23. The molecular formula is C18H28O8S. The van der Waals surface area contributed by atoms with E-state index in [4.69, 9.17) is 18.4 Å². The van der Waals surface area contributed by atoms with Crippen LogP contribution >= 0.6 is 0 Å². The summed E-state index contributed by atoms with van der Waals surface area (Å²) in [7, 11) is -3.53. The van der Waals surface area contributed by atoms with Crippen LogP contribution in [0.2, 0.25) is 0 Å². The van der Waals surface area contributed by atoms with E-state index in [1.807, 2.05) is 13.8 Å². The highest BCUT2D eigenvalue weighted by molar-refractivity contribution is 7.87. The van der Waals surface area contributed by atoms with Crippen molar-refractivity contribution in [3.63, 3.8) is 0 Å². The first-order valence-electron chi connectivity index (χ1n) is 9.37. The molecule has 5 atom stereocenters. The molecule has 1 saturated heterocycles. The van der Waals surface area contributed by atoms with Crippen LogP contribution in [0.3, 0.4) is 0 Å². The summed E-state index contributed by atoms with van der Waals surface area (Å²) in [5.74, 6) is -0.965. The van der Waals surface area contributed by atoms with Gasteiger partial charge in [0.1, 0.15) is 25.9 Å². The quantitative estimate of drug-likeness (QED) is 0.340. The summed E-state index contributed by atoms with van der Waals surface area (Å²) < 4.78 is 45.1. The van der Waals surface area contributed by atoms with Gasteiger partial charge in [-0.25, -0.2) is 4.79 Å². The number of rotatable bonds is 8. The van der Waals surface area contributed by atoms with Crippen molar-refractivity contribution < 1.29 is 36.4 Å². The maximum absolute atomic E-state index is 12.0. The molecule has 8 nitrogen and oxygen atoms in total. The second-order valence-electron chi connectivity index (χ2n) is 8.64. The highest BCUT2D eigenvalue weighted by Crippen LogP contribution is 2.62. The van der Waals surface area contributed by atoms with Crippen molar-refractivity contribution in [1.82, 2.24) is 0 Å². The number of hydrogen-bond acceptors (Lipinski definition) is 8. The van der Waals surface area contributed by atoms with Gasteiger partial charge in [0.15, 0.2) is 0 Å². The molecule has 2 bridgehead atoms. The lowest BCUT2D eigenvalue weighted by Crippen LogP contribution is -2.42. The Kier molecular flexibility index (Phi) is 5.33. The lowest BCUT2D eigenvalue weighted by atomic mass is 9.82. The first kappa shape index (κ1) is 20.5. The summed E-state index contributed by atoms with van der Waals surface area (Å²) in [6.45, 7) is 7.12. The lowest BCUT2D eigenvalue weighted by Gasteiger charge is -2.32. The van der Waals surface area contributed by atoms with Crippen LogP contribution in [0.15, 0.2) is 0 Å². The summed E-state index contributed by atoms with van der Waals surface area (Å²) in [4.78, 5) is 23.7. The van der Waals surface area contributed by atoms with Gasteiger partial charge in [0.05, 0.1) is 16.8 Å². The largest absolute Gasteiger partial charge is 0.462 e. The smallest absolute Gasteiger partial charge is 0.332 e. The van der Waals surface area contributed by atoms with Crippen molar-refractivity contribution in [2.24, 2.45) is 16.7 Å². The van der Waals surface area contributed by atoms with E-state index in [9.17, 15) is 18.0 Å². The predicted molar refractivity (Wildman–Crippen MR) is 94.1 cm³/mol.